The first kappa shape index (κ1) is 19.7. The number of rotatable bonds is 2. The van der Waals surface area contributed by atoms with Crippen molar-refractivity contribution in [2.75, 3.05) is 0 Å². The van der Waals surface area contributed by atoms with Crippen molar-refractivity contribution in [1.82, 2.24) is 0 Å². The van der Waals surface area contributed by atoms with Crippen LogP contribution in [0.25, 0.3) is 0 Å². The molecule has 0 bridgehead atoms. The second-order valence-electron chi connectivity index (χ2n) is 7.72. The third kappa shape index (κ3) is 4.50. The van der Waals surface area contributed by atoms with Crippen LogP contribution < -0.4 is 0 Å². The van der Waals surface area contributed by atoms with Crippen LogP contribution in [0.3, 0.4) is 0 Å². The molecule has 0 spiro atoms. The molecule has 2 aliphatic rings. The number of carbonyl (C=O) groups excluding carboxylic acids is 2. The highest BCUT2D eigenvalue weighted by molar-refractivity contribution is 5.91. The van der Waals surface area contributed by atoms with E-state index in [1.807, 2.05) is 0 Å². The minimum Gasteiger partial charge on any atom is -0.461 e. The normalized spacial score (nSPS) is 38.6. The quantitative estimate of drug-likeness (QED) is 0.448. The number of aliphatic hydroxyl groups is 2. The Morgan fingerprint density at radius 3 is 2.72 bits per heavy atom. The molecule has 2 rings (SSSR count). The average Bonchev–Trinajstić information content (AvgIpc) is 2.77. The minimum absolute atomic E-state index is 0.141. The van der Waals surface area contributed by atoms with E-state index in [0.29, 0.717) is 18.4 Å². The molecule has 0 aromatic rings. The van der Waals surface area contributed by atoms with Crippen LogP contribution in [0.4, 0.5) is 0 Å². The monoisotopic (exact) mass is 352 g/mol. The summed E-state index contributed by atoms with van der Waals surface area (Å²) in [6.45, 7) is 10.6. The van der Waals surface area contributed by atoms with Gasteiger partial charge in [0.15, 0.2) is 0 Å². The van der Waals surface area contributed by atoms with Crippen LogP contribution in [0, 0.1) is 11.8 Å². The highest BCUT2D eigenvalue weighted by Crippen LogP contribution is 2.38. The fourth-order valence-electron chi connectivity index (χ4n) is 3.29. The van der Waals surface area contributed by atoms with Crippen LogP contribution in [0.15, 0.2) is 23.8 Å². The van der Waals surface area contributed by atoms with Crippen molar-refractivity contribution >= 4 is 11.9 Å². The van der Waals surface area contributed by atoms with Crippen LogP contribution >= 0.6 is 0 Å². The van der Waals surface area contributed by atoms with Gasteiger partial charge >= 0.3 is 11.9 Å². The molecule has 1 fully saturated rings. The lowest BCUT2D eigenvalue weighted by Crippen LogP contribution is -2.41. The molecule has 140 valence electrons. The van der Waals surface area contributed by atoms with Gasteiger partial charge in [0.1, 0.15) is 12.2 Å². The highest BCUT2D eigenvalue weighted by atomic mass is 16.6. The molecule has 6 heteroatoms. The third-order valence-electron chi connectivity index (χ3n) is 4.95. The molecule has 6 nitrogen and oxygen atoms in total. The van der Waals surface area contributed by atoms with Gasteiger partial charge in [0, 0.05) is 12.0 Å². The van der Waals surface area contributed by atoms with Crippen molar-refractivity contribution in [2.45, 2.75) is 70.9 Å². The van der Waals surface area contributed by atoms with Crippen molar-refractivity contribution in [2.24, 2.45) is 11.8 Å². The molecule has 0 aromatic carbocycles. The van der Waals surface area contributed by atoms with E-state index >= 15 is 0 Å². The van der Waals surface area contributed by atoms with Crippen molar-refractivity contribution < 1.29 is 29.3 Å². The second-order valence-corrected chi connectivity index (χ2v) is 7.72. The van der Waals surface area contributed by atoms with Gasteiger partial charge in [0.05, 0.1) is 23.5 Å². The van der Waals surface area contributed by atoms with E-state index in [2.05, 4.69) is 6.58 Å². The van der Waals surface area contributed by atoms with Gasteiger partial charge in [-0.3, -0.25) is 4.79 Å². The molecule has 1 saturated heterocycles. The molecule has 1 aliphatic heterocycles. The molecule has 0 unspecified atom stereocenters. The number of esters is 2. The Hall–Kier alpha value is -1.66. The maximum absolute atomic E-state index is 12.2. The van der Waals surface area contributed by atoms with Gasteiger partial charge in [-0.15, -0.1) is 0 Å². The van der Waals surface area contributed by atoms with Crippen molar-refractivity contribution in [3.8, 4) is 0 Å². The summed E-state index contributed by atoms with van der Waals surface area (Å²) in [5, 5.41) is 21.0. The fourth-order valence-corrected chi connectivity index (χ4v) is 3.29. The molecule has 0 radical (unpaired) electrons. The van der Waals surface area contributed by atoms with E-state index in [9.17, 15) is 19.8 Å². The average molecular weight is 352 g/mol. The SMILES string of the molecule is C=C1C(=O)O[C@@H]2/C=C(/C)[C@@H](O)CC[C@](C)(O)C[C@@H](OC(=O)C(C)C)[C@@H]12. The summed E-state index contributed by atoms with van der Waals surface area (Å²) < 4.78 is 11.0. The summed E-state index contributed by atoms with van der Waals surface area (Å²) in [5.74, 6) is -1.85. The Labute approximate surface area is 148 Å². The van der Waals surface area contributed by atoms with Gasteiger partial charge in [0.2, 0.25) is 0 Å². The first-order valence-electron chi connectivity index (χ1n) is 8.71. The molecular weight excluding hydrogens is 324 g/mol. The van der Waals surface area contributed by atoms with E-state index in [4.69, 9.17) is 9.47 Å². The van der Waals surface area contributed by atoms with Gasteiger partial charge in [0.25, 0.3) is 0 Å². The first-order chi connectivity index (χ1) is 11.5. The number of hydrogen-bond acceptors (Lipinski definition) is 6. The summed E-state index contributed by atoms with van der Waals surface area (Å²) in [6, 6.07) is 0. The minimum atomic E-state index is -1.16. The summed E-state index contributed by atoms with van der Waals surface area (Å²) >= 11 is 0. The first-order valence-corrected chi connectivity index (χ1v) is 8.71. The van der Waals surface area contributed by atoms with E-state index < -0.39 is 41.8 Å². The Kier molecular flexibility index (Phi) is 5.74. The molecule has 2 N–H and O–H groups in total. The second kappa shape index (κ2) is 7.30. The molecule has 0 aromatic heterocycles. The molecular formula is C19H28O6. The number of carbonyl (C=O) groups is 2. The van der Waals surface area contributed by atoms with Crippen molar-refractivity contribution in [3.63, 3.8) is 0 Å². The highest BCUT2D eigenvalue weighted by Gasteiger charge is 2.47. The zero-order chi connectivity index (χ0) is 18.9. The lowest BCUT2D eigenvalue weighted by atomic mass is 9.80. The number of aliphatic hydroxyl groups excluding tert-OH is 1. The number of hydrogen-bond donors (Lipinski definition) is 2. The molecule has 25 heavy (non-hydrogen) atoms. The van der Waals surface area contributed by atoms with Gasteiger partial charge in [-0.1, -0.05) is 20.4 Å². The van der Waals surface area contributed by atoms with E-state index in [0.717, 1.165) is 0 Å². The Balaban J connectivity index is 2.43. The Bertz CT molecular complexity index is 589. The lowest BCUT2D eigenvalue weighted by molar-refractivity contribution is -0.159. The van der Waals surface area contributed by atoms with Gasteiger partial charge in [-0.25, -0.2) is 4.79 Å². The predicted octanol–water partition coefficient (Wildman–Crippen LogP) is 1.89. The van der Waals surface area contributed by atoms with Crippen LogP contribution in [0.5, 0.6) is 0 Å². The zero-order valence-electron chi connectivity index (χ0n) is 15.3. The van der Waals surface area contributed by atoms with Crippen LogP contribution in [-0.4, -0.2) is 46.1 Å². The van der Waals surface area contributed by atoms with Gasteiger partial charge in [-0.05, 0) is 38.3 Å². The summed E-state index contributed by atoms with van der Waals surface area (Å²) in [5.41, 5.74) is -0.276. The summed E-state index contributed by atoms with van der Waals surface area (Å²) in [4.78, 5) is 24.2. The zero-order valence-corrected chi connectivity index (χ0v) is 15.3. The Morgan fingerprint density at radius 1 is 1.48 bits per heavy atom. The van der Waals surface area contributed by atoms with Crippen molar-refractivity contribution in [1.29, 1.82) is 0 Å². The maximum atomic E-state index is 12.2. The fraction of sp³-hybridized carbons (Fsp3) is 0.684. The standard InChI is InChI=1S/C19H28O6/c1-10(2)17(21)25-15-9-19(5,23)7-6-13(20)11(3)8-14-16(15)12(4)18(22)24-14/h8,10,13-16,20,23H,4,6-7,9H2,1-3,5H3/b11-8-/t13-,14+,15+,16-,19-/m0/s1. The van der Waals surface area contributed by atoms with Crippen LogP contribution in [-0.2, 0) is 19.1 Å². The molecule has 0 amide bonds. The lowest BCUT2D eigenvalue weighted by Gasteiger charge is -2.34. The van der Waals surface area contributed by atoms with Crippen molar-refractivity contribution in [3.05, 3.63) is 23.8 Å². The predicted molar refractivity (Wildman–Crippen MR) is 91.5 cm³/mol. The van der Waals surface area contributed by atoms with Crippen LogP contribution in [0.1, 0.15) is 47.0 Å². The largest absolute Gasteiger partial charge is 0.461 e. The summed E-state index contributed by atoms with van der Waals surface area (Å²) in [6.07, 6.45) is 0.417. The van der Waals surface area contributed by atoms with Gasteiger partial charge < -0.3 is 19.7 Å². The number of ether oxygens (including phenoxy) is 2. The molecule has 1 aliphatic carbocycles. The Morgan fingerprint density at radius 2 is 2.12 bits per heavy atom. The molecule has 5 atom stereocenters. The van der Waals surface area contributed by atoms with Gasteiger partial charge in [-0.2, -0.15) is 0 Å². The topological polar surface area (TPSA) is 93.1 Å². The molecule has 1 heterocycles. The molecule has 0 saturated carbocycles. The summed E-state index contributed by atoms with van der Waals surface area (Å²) in [7, 11) is 0. The smallest absolute Gasteiger partial charge is 0.334 e. The van der Waals surface area contributed by atoms with E-state index in [1.54, 1.807) is 33.8 Å². The third-order valence-corrected chi connectivity index (χ3v) is 4.95. The van der Waals surface area contributed by atoms with E-state index in [1.165, 1.54) is 0 Å². The maximum Gasteiger partial charge on any atom is 0.334 e. The van der Waals surface area contributed by atoms with E-state index in [-0.39, 0.29) is 17.9 Å². The number of fused-ring (bicyclic) bond motifs is 1. The van der Waals surface area contributed by atoms with Crippen LogP contribution in [0.2, 0.25) is 0 Å².